The number of aliphatic hydroxyl groups excluding tert-OH is 1. The van der Waals surface area contributed by atoms with Crippen LogP contribution in [0.25, 0.3) is 11.0 Å². The number of hydrogen-bond acceptors (Lipinski definition) is 6. The first kappa shape index (κ1) is 17.4. The molecule has 0 saturated carbocycles. The van der Waals surface area contributed by atoms with E-state index in [0.717, 1.165) is 11.0 Å². The van der Waals surface area contributed by atoms with Gasteiger partial charge in [-0.1, -0.05) is 11.8 Å². The molecule has 7 nitrogen and oxygen atoms in total. The number of hydrogen-bond donors (Lipinski definition) is 1. The van der Waals surface area contributed by atoms with Gasteiger partial charge in [0.25, 0.3) is 0 Å². The lowest BCUT2D eigenvalue weighted by Gasteiger charge is -2.12. The fourth-order valence-electron chi connectivity index (χ4n) is 2.55. The number of nitro groups is 1. The van der Waals surface area contributed by atoms with Crippen molar-refractivity contribution >= 4 is 28.5 Å². The van der Waals surface area contributed by atoms with Gasteiger partial charge in [0.15, 0.2) is 5.03 Å². The van der Waals surface area contributed by atoms with Crippen LogP contribution in [0.2, 0.25) is 0 Å². The zero-order valence-corrected chi connectivity index (χ0v) is 14.7. The summed E-state index contributed by atoms with van der Waals surface area (Å²) >= 11 is 1.18. The van der Waals surface area contributed by atoms with Crippen molar-refractivity contribution in [1.82, 2.24) is 14.5 Å². The first-order valence-electron chi connectivity index (χ1n) is 7.78. The average Bonchev–Trinajstić information content (AvgIpc) is 2.95. The van der Waals surface area contributed by atoms with E-state index >= 15 is 0 Å². The molecule has 0 bridgehead atoms. The Bertz CT molecular complexity index is 925. The number of fused-ring (bicyclic) bond motifs is 1. The SMILES string of the molecule is Cc1cc2ncn(C[C@H](O)CSc3ncccc3[N+](=O)[O-])c2cc1C. The molecule has 1 N–H and O–H groups in total. The number of nitrogens with zero attached hydrogens (tertiary/aromatic N) is 4. The van der Waals surface area contributed by atoms with Crippen molar-refractivity contribution in [2.24, 2.45) is 0 Å². The monoisotopic (exact) mass is 358 g/mol. The minimum absolute atomic E-state index is 0.0427. The summed E-state index contributed by atoms with van der Waals surface area (Å²) in [7, 11) is 0. The zero-order chi connectivity index (χ0) is 18.0. The molecule has 3 rings (SSSR count). The van der Waals surface area contributed by atoms with Gasteiger partial charge in [-0.15, -0.1) is 0 Å². The van der Waals surface area contributed by atoms with E-state index in [2.05, 4.69) is 16.0 Å². The van der Waals surface area contributed by atoms with Gasteiger partial charge in [-0.05, 0) is 43.2 Å². The van der Waals surface area contributed by atoms with Crippen LogP contribution in [0.3, 0.4) is 0 Å². The summed E-state index contributed by atoms with van der Waals surface area (Å²) in [5, 5.41) is 21.6. The lowest BCUT2D eigenvalue weighted by molar-refractivity contribution is -0.388. The topological polar surface area (TPSA) is 94.1 Å². The molecule has 0 saturated heterocycles. The molecular formula is C17H18N4O3S. The fourth-order valence-corrected chi connectivity index (χ4v) is 3.43. The van der Waals surface area contributed by atoms with Gasteiger partial charge in [-0.2, -0.15) is 0 Å². The Morgan fingerprint density at radius 1 is 1.32 bits per heavy atom. The second kappa shape index (κ2) is 7.20. The van der Waals surface area contributed by atoms with Crippen LogP contribution in [0.4, 0.5) is 5.69 Å². The Morgan fingerprint density at radius 3 is 2.84 bits per heavy atom. The number of aliphatic hydroxyl groups is 1. The maximum Gasteiger partial charge on any atom is 0.301 e. The summed E-state index contributed by atoms with van der Waals surface area (Å²) in [6.45, 7) is 4.45. The van der Waals surface area contributed by atoms with Gasteiger partial charge in [0.1, 0.15) is 0 Å². The van der Waals surface area contributed by atoms with E-state index in [-0.39, 0.29) is 5.69 Å². The smallest absolute Gasteiger partial charge is 0.301 e. The Hall–Kier alpha value is -2.45. The van der Waals surface area contributed by atoms with E-state index in [1.54, 1.807) is 6.33 Å². The third-order valence-corrected chi connectivity index (χ3v) is 5.14. The number of pyridine rings is 1. The van der Waals surface area contributed by atoms with E-state index in [4.69, 9.17) is 0 Å². The average molecular weight is 358 g/mol. The molecule has 2 aromatic heterocycles. The Labute approximate surface area is 148 Å². The van der Waals surface area contributed by atoms with Gasteiger partial charge in [0.2, 0.25) is 0 Å². The number of thioether (sulfide) groups is 1. The molecule has 3 aromatic rings. The molecule has 2 heterocycles. The van der Waals surface area contributed by atoms with Crippen LogP contribution in [0.5, 0.6) is 0 Å². The summed E-state index contributed by atoms with van der Waals surface area (Å²) in [6.07, 6.45) is 2.54. The van der Waals surface area contributed by atoms with Crippen LogP contribution < -0.4 is 0 Å². The molecule has 0 radical (unpaired) electrons. The fraction of sp³-hybridized carbons (Fsp3) is 0.294. The molecule has 25 heavy (non-hydrogen) atoms. The normalized spacial score (nSPS) is 12.4. The Balaban J connectivity index is 1.70. The van der Waals surface area contributed by atoms with E-state index < -0.39 is 11.0 Å². The lowest BCUT2D eigenvalue weighted by atomic mass is 10.1. The van der Waals surface area contributed by atoms with Crippen LogP contribution >= 0.6 is 11.8 Å². The van der Waals surface area contributed by atoms with Crippen molar-refractivity contribution in [3.63, 3.8) is 0 Å². The zero-order valence-electron chi connectivity index (χ0n) is 13.9. The van der Waals surface area contributed by atoms with Crippen LogP contribution in [0, 0.1) is 24.0 Å². The maximum absolute atomic E-state index is 11.0. The molecule has 1 atom stereocenters. The molecule has 0 aliphatic carbocycles. The predicted octanol–water partition coefficient (Wildman–Crippen LogP) is 3.11. The van der Waals surface area contributed by atoms with E-state index in [1.807, 2.05) is 24.5 Å². The molecule has 0 unspecified atom stereocenters. The van der Waals surface area contributed by atoms with Crippen molar-refractivity contribution in [2.75, 3.05) is 5.75 Å². The first-order valence-corrected chi connectivity index (χ1v) is 8.76. The summed E-state index contributed by atoms with van der Waals surface area (Å²) in [5.41, 5.74) is 4.16. The molecule has 0 amide bonds. The summed E-state index contributed by atoms with van der Waals surface area (Å²) in [4.78, 5) is 18.9. The molecule has 0 spiro atoms. The van der Waals surface area contributed by atoms with E-state index in [9.17, 15) is 15.2 Å². The van der Waals surface area contributed by atoms with Gasteiger partial charge >= 0.3 is 5.69 Å². The van der Waals surface area contributed by atoms with Gasteiger partial charge in [-0.3, -0.25) is 10.1 Å². The van der Waals surface area contributed by atoms with Crippen molar-refractivity contribution in [1.29, 1.82) is 0 Å². The number of benzene rings is 1. The van der Waals surface area contributed by atoms with Gasteiger partial charge < -0.3 is 9.67 Å². The second-order valence-corrected chi connectivity index (χ2v) is 6.88. The van der Waals surface area contributed by atoms with Crippen LogP contribution in [-0.2, 0) is 6.54 Å². The van der Waals surface area contributed by atoms with Gasteiger partial charge in [0, 0.05) is 18.0 Å². The summed E-state index contributed by atoms with van der Waals surface area (Å²) < 4.78 is 1.90. The van der Waals surface area contributed by atoms with Gasteiger partial charge in [0.05, 0.1) is 34.9 Å². The molecule has 130 valence electrons. The molecular weight excluding hydrogens is 340 g/mol. The van der Waals surface area contributed by atoms with E-state index in [0.29, 0.717) is 17.3 Å². The third-order valence-electron chi connectivity index (χ3n) is 4.00. The van der Waals surface area contributed by atoms with Crippen molar-refractivity contribution in [3.05, 3.63) is 58.0 Å². The first-order chi connectivity index (χ1) is 12.0. The van der Waals surface area contributed by atoms with Crippen molar-refractivity contribution in [2.45, 2.75) is 31.5 Å². The van der Waals surface area contributed by atoms with Gasteiger partial charge in [-0.25, -0.2) is 9.97 Å². The Kier molecular flexibility index (Phi) is 5.00. The van der Waals surface area contributed by atoms with E-state index in [1.165, 1.54) is 41.2 Å². The number of aryl methyl sites for hydroxylation is 2. The molecule has 0 aliphatic rings. The number of rotatable bonds is 6. The molecule has 0 aliphatic heterocycles. The highest BCUT2D eigenvalue weighted by molar-refractivity contribution is 7.99. The Morgan fingerprint density at radius 2 is 2.08 bits per heavy atom. The minimum Gasteiger partial charge on any atom is -0.390 e. The standard InChI is InChI=1S/C17H18N4O3S/c1-11-6-14-16(7-12(11)2)20(10-19-14)8-13(22)9-25-17-15(21(23)24)4-3-5-18-17/h3-7,10,13,22H,8-9H2,1-2H3/t13-/m0/s1. The van der Waals surface area contributed by atoms with Crippen LogP contribution in [0.1, 0.15) is 11.1 Å². The van der Waals surface area contributed by atoms with Crippen molar-refractivity contribution in [3.8, 4) is 0 Å². The highest BCUT2D eigenvalue weighted by atomic mass is 32.2. The highest BCUT2D eigenvalue weighted by Gasteiger charge is 2.17. The maximum atomic E-state index is 11.0. The largest absolute Gasteiger partial charge is 0.390 e. The van der Waals surface area contributed by atoms with Crippen LogP contribution in [-0.4, -0.2) is 36.4 Å². The molecule has 0 fully saturated rings. The highest BCUT2D eigenvalue weighted by Crippen LogP contribution is 2.27. The molecule has 1 aromatic carbocycles. The summed E-state index contributed by atoms with van der Waals surface area (Å²) in [5.74, 6) is 0.308. The number of imidazole rings is 1. The lowest BCUT2D eigenvalue weighted by Crippen LogP contribution is -2.18. The summed E-state index contributed by atoms with van der Waals surface area (Å²) in [6, 6.07) is 7.03. The number of aromatic nitrogens is 3. The second-order valence-electron chi connectivity index (χ2n) is 5.87. The van der Waals surface area contributed by atoms with Crippen molar-refractivity contribution < 1.29 is 10.0 Å². The predicted molar refractivity (Wildman–Crippen MR) is 96.8 cm³/mol. The minimum atomic E-state index is -0.675. The third kappa shape index (κ3) is 3.80. The molecule has 8 heteroatoms. The van der Waals surface area contributed by atoms with Crippen LogP contribution in [0.15, 0.2) is 41.8 Å². The quantitative estimate of drug-likeness (QED) is 0.413.